The van der Waals surface area contributed by atoms with Crippen LogP contribution in [0.15, 0.2) is 85.2 Å². The minimum atomic E-state index is 0.0723. The first kappa shape index (κ1) is 25.5. The zero-order chi connectivity index (χ0) is 28.7. The van der Waals surface area contributed by atoms with E-state index in [4.69, 9.17) is 14.7 Å². The Hall–Kier alpha value is -4.26. The molecule has 8 aromatic rings. The van der Waals surface area contributed by atoms with Crippen LogP contribution in [-0.2, 0) is 5.41 Å². The highest BCUT2D eigenvalue weighted by atomic mass is 32.2. The van der Waals surface area contributed by atoms with E-state index in [1.807, 2.05) is 35.1 Å². The summed E-state index contributed by atoms with van der Waals surface area (Å²) in [5, 5.41) is 4.81. The molecule has 0 unspecified atom stereocenters. The summed E-state index contributed by atoms with van der Waals surface area (Å²) >= 11 is 3.67. The third kappa shape index (κ3) is 3.93. The first-order chi connectivity index (χ1) is 20.2. The van der Waals surface area contributed by atoms with E-state index in [0.717, 1.165) is 33.9 Å². The quantitative estimate of drug-likeness (QED) is 0.208. The molecule has 0 saturated heterocycles. The Morgan fingerprint density at radius 2 is 1.45 bits per heavy atom. The molecule has 5 aromatic heterocycles. The van der Waals surface area contributed by atoms with Crippen LogP contribution in [0, 0.1) is 13.8 Å². The van der Waals surface area contributed by atoms with Crippen molar-refractivity contribution in [1.29, 1.82) is 0 Å². The summed E-state index contributed by atoms with van der Waals surface area (Å²) in [5.41, 5.74) is 7.03. The lowest BCUT2D eigenvalue weighted by Crippen LogP contribution is -2.10. The number of para-hydroxylation sites is 1. The predicted molar refractivity (Wildman–Crippen MR) is 179 cm³/mol. The molecule has 0 N–H and O–H groups in total. The molecular weight excluding hydrogens is 555 g/mol. The second-order valence-corrected chi connectivity index (χ2v) is 14.5. The van der Waals surface area contributed by atoms with Gasteiger partial charge in [-0.15, -0.1) is 22.7 Å². The number of aryl methyl sites for hydroxylation is 2. The molecule has 5 heterocycles. The van der Waals surface area contributed by atoms with Crippen LogP contribution >= 0.6 is 22.7 Å². The Labute approximate surface area is 251 Å². The summed E-state index contributed by atoms with van der Waals surface area (Å²) in [4.78, 5) is 9.75. The van der Waals surface area contributed by atoms with Gasteiger partial charge in [-0.3, -0.25) is 9.55 Å². The summed E-state index contributed by atoms with van der Waals surface area (Å²) < 4.78 is 12.6. The maximum atomic E-state index is 6.55. The van der Waals surface area contributed by atoms with Crippen molar-refractivity contribution in [3.63, 3.8) is 0 Å². The fourth-order valence-electron chi connectivity index (χ4n) is 5.76. The molecule has 0 bridgehead atoms. The van der Waals surface area contributed by atoms with E-state index in [9.17, 15) is 0 Å². The van der Waals surface area contributed by atoms with E-state index in [-0.39, 0.29) is 5.41 Å². The fraction of sp³-hybridized carbons (Fsp3) is 0.167. The van der Waals surface area contributed by atoms with Crippen LogP contribution in [-0.4, -0.2) is 14.5 Å². The predicted octanol–water partition coefficient (Wildman–Crippen LogP) is 10.9. The lowest BCUT2D eigenvalue weighted by Gasteiger charge is -2.18. The highest BCUT2D eigenvalue weighted by Gasteiger charge is 2.19. The van der Waals surface area contributed by atoms with E-state index in [1.54, 1.807) is 0 Å². The molecule has 0 radical (unpaired) electrons. The van der Waals surface area contributed by atoms with Gasteiger partial charge in [0, 0.05) is 44.7 Å². The highest BCUT2D eigenvalue weighted by Crippen LogP contribution is 2.45. The van der Waals surface area contributed by atoms with Crippen molar-refractivity contribution >= 4 is 74.2 Å². The van der Waals surface area contributed by atoms with Gasteiger partial charge in [-0.2, -0.15) is 0 Å². The standard InChI is InChI=1S/C36H29N3OS2/c1-20-14-32(37-18-21(20)2)39-28-9-7-6-8-25(28)26-12-10-24(17-29(26)39)40-23-11-13-30-27(16-23)33-34-31(42-35(33)41-30)15-22(19-38-34)36(3,4)5/h6-19H,1-5H3. The number of hydrogen-bond acceptors (Lipinski definition) is 5. The molecule has 0 spiro atoms. The van der Waals surface area contributed by atoms with E-state index >= 15 is 0 Å². The molecule has 0 aliphatic rings. The maximum absolute atomic E-state index is 6.55. The SMILES string of the molecule is Cc1cnc(-n2c3ccccc3c3ccc(Oc4ccc5sc6sc7cc(C(C)(C)C)cnc7c6c5c4)cc32)cc1C. The minimum absolute atomic E-state index is 0.0723. The van der Waals surface area contributed by atoms with Crippen LogP contribution < -0.4 is 4.74 Å². The zero-order valence-electron chi connectivity index (χ0n) is 24.1. The van der Waals surface area contributed by atoms with Crippen molar-refractivity contribution in [2.75, 3.05) is 0 Å². The molecule has 3 aromatic carbocycles. The Balaban J connectivity index is 1.25. The zero-order valence-corrected chi connectivity index (χ0v) is 25.8. The topological polar surface area (TPSA) is 39.9 Å². The number of thiophene rings is 2. The summed E-state index contributed by atoms with van der Waals surface area (Å²) in [6.07, 6.45) is 3.99. The van der Waals surface area contributed by atoms with Gasteiger partial charge in [0.1, 0.15) is 17.3 Å². The first-order valence-electron chi connectivity index (χ1n) is 14.1. The summed E-state index contributed by atoms with van der Waals surface area (Å²) in [6, 6.07) is 25.8. The number of aromatic nitrogens is 3. The fourth-order valence-corrected chi connectivity index (χ4v) is 8.33. The van der Waals surface area contributed by atoms with E-state index in [0.29, 0.717) is 0 Å². The maximum Gasteiger partial charge on any atom is 0.137 e. The molecule has 0 aliphatic carbocycles. The van der Waals surface area contributed by atoms with Crippen molar-refractivity contribution in [3.8, 4) is 17.3 Å². The van der Waals surface area contributed by atoms with Crippen LogP contribution in [0.1, 0.15) is 37.5 Å². The third-order valence-electron chi connectivity index (χ3n) is 8.25. The third-order valence-corrected chi connectivity index (χ3v) is 10.6. The largest absolute Gasteiger partial charge is 0.457 e. The molecule has 0 aliphatic heterocycles. The highest BCUT2D eigenvalue weighted by molar-refractivity contribution is 7.44. The summed E-state index contributed by atoms with van der Waals surface area (Å²) in [7, 11) is 0. The number of hydrogen-bond donors (Lipinski definition) is 0. The number of fused-ring (bicyclic) bond motifs is 8. The second kappa shape index (κ2) is 9.12. The van der Waals surface area contributed by atoms with Crippen LogP contribution in [0.5, 0.6) is 11.5 Å². The minimum Gasteiger partial charge on any atom is -0.457 e. The number of benzene rings is 3. The molecule has 206 valence electrons. The monoisotopic (exact) mass is 583 g/mol. The molecule has 6 heteroatoms. The second-order valence-electron chi connectivity index (χ2n) is 12.1. The molecule has 4 nitrogen and oxygen atoms in total. The van der Waals surface area contributed by atoms with Crippen molar-refractivity contribution in [2.24, 2.45) is 0 Å². The molecule has 0 atom stereocenters. The van der Waals surface area contributed by atoms with Gasteiger partial charge in [0.05, 0.1) is 25.3 Å². The lowest BCUT2D eigenvalue weighted by molar-refractivity contribution is 0.484. The van der Waals surface area contributed by atoms with Gasteiger partial charge < -0.3 is 4.74 Å². The number of nitrogens with zero attached hydrogens (tertiary/aromatic N) is 3. The Bertz CT molecular complexity index is 2350. The molecular formula is C36H29N3OS2. The van der Waals surface area contributed by atoms with Crippen LogP contribution in [0.4, 0.5) is 0 Å². The number of rotatable bonds is 3. The van der Waals surface area contributed by atoms with E-state index in [1.165, 1.54) is 51.6 Å². The molecule has 0 saturated carbocycles. The van der Waals surface area contributed by atoms with Gasteiger partial charge in [0.2, 0.25) is 0 Å². The van der Waals surface area contributed by atoms with Crippen LogP contribution in [0.2, 0.25) is 0 Å². The van der Waals surface area contributed by atoms with Crippen molar-refractivity contribution in [1.82, 2.24) is 14.5 Å². The Morgan fingerprint density at radius 1 is 0.690 bits per heavy atom. The Kier molecular flexibility index (Phi) is 5.53. The van der Waals surface area contributed by atoms with Crippen molar-refractivity contribution < 1.29 is 4.74 Å². The van der Waals surface area contributed by atoms with Gasteiger partial charge in [-0.1, -0.05) is 39.0 Å². The number of ether oxygens (including phenoxy) is 1. The Morgan fingerprint density at radius 3 is 2.29 bits per heavy atom. The molecule has 0 fully saturated rings. The van der Waals surface area contributed by atoms with Gasteiger partial charge in [0.15, 0.2) is 0 Å². The first-order valence-corrected chi connectivity index (χ1v) is 15.8. The van der Waals surface area contributed by atoms with Gasteiger partial charge >= 0.3 is 0 Å². The van der Waals surface area contributed by atoms with Crippen molar-refractivity contribution in [3.05, 3.63) is 102 Å². The summed E-state index contributed by atoms with van der Waals surface area (Å²) in [6.45, 7) is 10.9. The summed E-state index contributed by atoms with van der Waals surface area (Å²) in [5.74, 6) is 2.53. The van der Waals surface area contributed by atoms with Crippen LogP contribution in [0.25, 0.3) is 57.3 Å². The van der Waals surface area contributed by atoms with Gasteiger partial charge in [-0.25, -0.2) is 4.98 Å². The van der Waals surface area contributed by atoms with Crippen molar-refractivity contribution in [2.45, 2.75) is 40.0 Å². The molecule has 8 rings (SSSR count). The number of pyridine rings is 2. The molecule has 0 amide bonds. The van der Waals surface area contributed by atoms with E-state index in [2.05, 4.69) is 112 Å². The molecule has 42 heavy (non-hydrogen) atoms. The smallest absolute Gasteiger partial charge is 0.137 e. The average molecular weight is 584 g/mol. The average Bonchev–Trinajstić information content (AvgIpc) is 3.61. The van der Waals surface area contributed by atoms with Gasteiger partial charge in [-0.05, 0) is 84.5 Å². The van der Waals surface area contributed by atoms with Crippen LogP contribution in [0.3, 0.4) is 0 Å². The van der Waals surface area contributed by atoms with Gasteiger partial charge in [0.25, 0.3) is 0 Å². The normalized spacial score (nSPS) is 12.4. The lowest BCUT2D eigenvalue weighted by atomic mass is 9.88. The van der Waals surface area contributed by atoms with E-state index < -0.39 is 0 Å².